The van der Waals surface area contributed by atoms with E-state index < -0.39 is 0 Å². The van der Waals surface area contributed by atoms with Crippen LogP contribution < -0.4 is 15.5 Å². The highest BCUT2D eigenvalue weighted by atomic mass is 127. The van der Waals surface area contributed by atoms with Gasteiger partial charge in [0.25, 0.3) is 5.91 Å². The van der Waals surface area contributed by atoms with Crippen molar-refractivity contribution in [1.29, 1.82) is 0 Å². The van der Waals surface area contributed by atoms with Crippen LogP contribution in [0.5, 0.6) is 0 Å². The van der Waals surface area contributed by atoms with Crippen LogP contribution in [0.15, 0.2) is 54.6 Å². The van der Waals surface area contributed by atoms with Crippen LogP contribution in [0.4, 0.5) is 23.1 Å². The van der Waals surface area contributed by atoms with Crippen LogP contribution in [0, 0.1) is 10.5 Å². The minimum atomic E-state index is -0.131. The van der Waals surface area contributed by atoms with E-state index in [4.69, 9.17) is 4.74 Å². The lowest BCUT2D eigenvalue weighted by Gasteiger charge is -2.27. The Hall–Kier alpha value is -2.72. The number of morpholine rings is 1. The van der Waals surface area contributed by atoms with Crippen molar-refractivity contribution in [3.05, 3.63) is 69.4 Å². The normalized spacial score (nSPS) is 13.7. The molecule has 4 rings (SSSR count). The Morgan fingerprint density at radius 3 is 2.37 bits per heavy atom. The van der Waals surface area contributed by atoms with Gasteiger partial charge < -0.3 is 20.3 Å². The standard InChI is InChI=1S/C22H22IN5O2/c1-15-14-20(27-22(24-15)28-10-12-30-13-11-28)25-18-6-8-19(9-7-18)26-21(29)16-2-4-17(23)5-3-16/h2-9,14H,10-13H2,1H3,(H,26,29)(H,24,25,27). The molecular weight excluding hydrogens is 493 g/mol. The Balaban J connectivity index is 1.42. The summed E-state index contributed by atoms with van der Waals surface area (Å²) >= 11 is 2.22. The number of halogens is 1. The first-order chi connectivity index (χ1) is 14.6. The molecule has 2 N–H and O–H groups in total. The average molecular weight is 515 g/mol. The number of nitrogens with one attached hydrogen (secondary N) is 2. The molecule has 1 saturated heterocycles. The van der Waals surface area contributed by atoms with E-state index in [-0.39, 0.29) is 5.91 Å². The molecular formula is C22H22IN5O2. The van der Waals surface area contributed by atoms with E-state index in [2.05, 4.69) is 48.1 Å². The van der Waals surface area contributed by atoms with Gasteiger partial charge in [0.2, 0.25) is 5.95 Å². The minimum absolute atomic E-state index is 0.131. The van der Waals surface area contributed by atoms with Crippen molar-refractivity contribution in [2.75, 3.05) is 41.8 Å². The molecule has 0 saturated carbocycles. The zero-order valence-electron chi connectivity index (χ0n) is 16.6. The van der Waals surface area contributed by atoms with E-state index in [0.717, 1.165) is 39.5 Å². The summed E-state index contributed by atoms with van der Waals surface area (Å²) in [6.07, 6.45) is 0. The highest BCUT2D eigenvalue weighted by molar-refractivity contribution is 14.1. The lowest BCUT2D eigenvalue weighted by atomic mass is 10.2. The van der Waals surface area contributed by atoms with Gasteiger partial charge in [0.15, 0.2) is 0 Å². The van der Waals surface area contributed by atoms with Crippen molar-refractivity contribution in [1.82, 2.24) is 9.97 Å². The number of hydrogen-bond donors (Lipinski definition) is 2. The van der Waals surface area contributed by atoms with Crippen molar-refractivity contribution in [3.8, 4) is 0 Å². The Labute approximate surface area is 189 Å². The number of ether oxygens (including phenoxy) is 1. The number of carbonyl (C=O) groups excluding carboxylic acids is 1. The monoisotopic (exact) mass is 515 g/mol. The summed E-state index contributed by atoms with van der Waals surface area (Å²) in [5.74, 6) is 1.32. The molecule has 1 aliphatic rings. The van der Waals surface area contributed by atoms with Crippen LogP contribution in [-0.4, -0.2) is 42.2 Å². The van der Waals surface area contributed by atoms with Gasteiger partial charge in [0.1, 0.15) is 5.82 Å². The maximum Gasteiger partial charge on any atom is 0.255 e. The largest absolute Gasteiger partial charge is 0.378 e. The van der Waals surface area contributed by atoms with Gasteiger partial charge >= 0.3 is 0 Å². The smallest absolute Gasteiger partial charge is 0.255 e. The number of aromatic nitrogens is 2. The van der Waals surface area contributed by atoms with E-state index in [1.807, 2.05) is 61.5 Å². The number of rotatable bonds is 5. The Morgan fingerprint density at radius 2 is 1.67 bits per heavy atom. The summed E-state index contributed by atoms with van der Waals surface area (Å²) in [4.78, 5) is 23.7. The molecule has 7 nitrogen and oxygen atoms in total. The number of anilines is 4. The maximum absolute atomic E-state index is 12.4. The predicted molar refractivity (Wildman–Crippen MR) is 127 cm³/mol. The van der Waals surface area contributed by atoms with Gasteiger partial charge in [0, 0.05) is 45.4 Å². The molecule has 0 spiro atoms. The third-order valence-corrected chi connectivity index (χ3v) is 5.38. The van der Waals surface area contributed by atoms with Gasteiger partial charge in [-0.3, -0.25) is 4.79 Å². The Morgan fingerprint density at radius 1 is 1.00 bits per heavy atom. The summed E-state index contributed by atoms with van der Waals surface area (Å²) in [6.45, 7) is 4.92. The minimum Gasteiger partial charge on any atom is -0.378 e. The predicted octanol–water partition coefficient (Wildman–Crippen LogP) is 4.22. The number of hydrogen-bond acceptors (Lipinski definition) is 6. The fraction of sp³-hybridized carbons (Fsp3) is 0.227. The van der Waals surface area contributed by atoms with Gasteiger partial charge in [-0.2, -0.15) is 4.98 Å². The van der Waals surface area contributed by atoms with Crippen LogP contribution in [0.2, 0.25) is 0 Å². The average Bonchev–Trinajstić information content (AvgIpc) is 2.76. The van der Waals surface area contributed by atoms with Gasteiger partial charge in [-0.15, -0.1) is 0 Å². The van der Waals surface area contributed by atoms with Gasteiger partial charge in [0.05, 0.1) is 13.2 Å². The third kappa shape index (κ3) is 5.25. The first-order valence-corrected chi connectivity index (χ1v) is 10.8. The Kier molecular flexibility index (Phi) is 6.44. The van der Waals surface area contributed by atoms with E-state index >= 15 is 0 Å². The highest BCUT2D eigenvalue weighted by Gasteiger charge is 2.15. The van der Waals surface area contributed by atoms with Crippen LogP contribution in [0.1, 0.15) is 16.1 Å². The van der Waals surface area contributed by atoms with Gasteiger partial charge in [-0.1, -0.05) is 0 Å². The molecule has 8 heteroatoms. The number of aryl methyl sites for hydroxylation is 1. The van der Waals surface area contributed by atoms with Crippen molar-refractivity contribution in [2.24, 2.45) is 0 Å². The van der Waals surface area contributed by atoms with E-state index in [9.17, 15) is 4.79 Å². The first-order valence-electron chi connectivity index (χ1n) is 9.69. The van der Waals surface area contributed by atoms with Crippen molar-refractivity contribution >= 4 is 51.6 Å². The lowest BCUT2D eigenvalue weighted by molar-refractivity contribution is 0.102. The van der Waals surface area contributed by atoms with Crippen molar-refractivity contribution in [3.63, 3.8) is 0 Å². The number of carbonyl (C=O) groups is 1. The topological polar surface area (TPSA) is 79.4 Å². The number of amides is 1. The summed E-state index contributed by atoms with van der Waals surface area (Å²) in [7, 11) is 0. The number of nitrogens with zero attached hydrogens (tertiary/aromatic N) is 3. The van der Waals surface area contributed by atoms with E-state index in [1.165, 1.54) is 0 Å². The van der Waals surface area contributed by atoms with Crippen LogP contribution in [0.3, 0.4) is 0 Å². The molecule has 1 aliphatic heterocycles. The van der Waals surface area contributed by atoms with Crippen molar-refractivity contribution < 1.29 is 9.53 Å². The van der Waals surface area contributed by atoms with Crippen LogP contribution in [0.25, 0.3) is 0 Å². The molecule has 0 radical (unpaired) electrons. The maximum atomic E-state index is 12.4. The fourth-order valence-corrected chi connectivity index (χ4v) is 3.47. The molecule has 0 aliphatic carbocycles. The molecule has 30 heavy (non-hydrogen) atoms. The molecule has 0 unspecified atom stereocenters. The Bertz CT molecular complexity index is 1020. The summed E-state index contributed by atoms with van der Waals surface area (Å²) in [5, 5.41) is 6.24. The molecule has 3 aromatic rings. The zero-order valence-corrected chi connectivity index (χ0v) is 18.7. The quantitative estimate of drug-likeness (QED) is 0.496. The molecule has 2 heterocycles. The zero-order chi connectivity index (χ0) is 20.9. The first kappa shape index (κ1) is 20.5. The molecule has 1 amide bonds. The van der Waals surface area contributed by atoms with E-state index in [0.29, 0.717) is 24.7 Å². The second-order valence-electron chi connectivity index (χ2n) is 6.96. The third-order valence-electron chi connectivity index (χ3n) is 4.66. The number of benzene rings is 2. The summed E-state index contributed by atoms with van der Waals surface area (Å²) < 4.78 is 6.50. The summed E-state index contributed by atoms with van der Waals surface area (Å²) in [6, 6.07) is 16.9. The second kappa shape index (κ2) is 9.40. The highest BCUT2D eigenvalue weighted by Crippen LogP contribution is 2.21. The van der Waals surface area contributed by atoms with Gasteiger partial charge in [-0.25, -0.2) is 4.98 Å². The molecule has 1 fully saturated rings. The molecule has 1 aromatic heterocycles. The summed E-state index contributed by atoms with van der Waals surface area (Å²) in [5.41, 5.74) is 3.14. The van der Waals surface area contributed by atoms with Gasteiger partial charge in [-0.05, 0) is 78.0 Å². The second-order valence-corrected chi connectivity index (χ2v) is 8.20. The molecule has 0 bridgehead atoms. The van der Waals surface area contributed by atoms with Crippen LogP contribution >= 0.6 is 22.6 Å². The van der Waals surface area contributed by atoms with E-state index in [1.54, 1.807) is 0 Å². The lowest BCUT2D eigenvalue weighted by Crippen LogP contribution is -2.37. The fourth-order valence-electron chi connectivity index (χ4n) is 3.11. The molecule has 154 valence electrons. The van der Waals surface area contributed by atoms with Crippen LogP contribution in [-0.2, 0) is 4.74 Å². The molecule has 0 atom stereocenters. The SMILES string of the molecule is Cc1cc(Nc2ccc(NC(=O)c3ccc(I)cc3)cc2)nc(N2CCOCC2)n1. The molecule has 2 aromatic carbocycles. The van der Waals surface area contributed by atoms with Crippen molar-refractivity contribution in [2.45, 2.75) is 6.92 Å².